The summed E-state index contributed by atoms with van der Waals surface area (Å²) in [5, 5.41) is 14.1. The van der Waals surface area contributed by atoms with Crippen LogP contribution in [0.1, 0.15) is 60.3 Å². The third-order valence-corrected chi connectivity index (χ3v) is 3.72. The fourth-order valence-corrected chi connectivity index (χ4v) is 2.17. The van der Waals surface area contributed by atoms with Crippen molar-refractivity contribution in [2.24, 2.45) is 11.7 Å². The van der Waals surface area contributed by atoms with Crippen molar-refractivity contribution in [3.05, 3.63) is 0 Å². The quantitative estimate of drug-likeness (QED) is 0.384. The minimum absolute atomic E-state index is 0.0625. The van der Waals surface area contributed by atoms with Gasteiger partial charge >= 0.3 is 5.97 Å². The highest BCUT2D eigenvalue weighted by Crippen LogP contribution is 2.16. The number of nitrogens with two attached hydrogens (primary N) is 1. The number of carbonyl (C=O) groups is 3. The molecule has 0 aromatic carbocycles. The van der Waals surface area contributed by atoms with Crippen molar-refractivity contribution in [2.45, 2.75) is 71.6 Å². The number of carboxylic acid groups (broad SMARTS) is 1. The Labute approximate surface area is 149 Å². The van der Waals surface area contributed by atoms with Gasteiger partial charge in [0.2, 0.25) is 11.8 Å². The molecule has 5 N–H and O–H groups in total. The van der Waals surface area contributed by atoms with Gasteiger partial charge in [0.25, 0.3) is 0 Å². The third kappa shape index (κ3) is 11.5. The Balaban J connectivity index is 4.32. The highest BCUT2D eigenvalue weighted by Gasteiger charge is 2.27. The molecule has 0 fully saturated rings. The van der Waals surface area contributed by atoms with E-state index in [1.807, 2.05) is 20.8 Å². The topological polar surface area (TPSA) is 131 Å². The first-order valence-electron chi connectivity index (χ1n) is 8.62. The molecule has 0 aromatic heterocycles. The molecule has 146 valence electrons. The summed E-state index contributed by atoms with van der Waals surface area (Å²) in [6.07, 6.45) is 0.796. The first-order valence-corrected chi connectivity index (χ1v) is 8.62. The lowest BCUT2D eigenvalue weighted by molar-refractivity contribution is -0.137. The van der Waals surface area contributed by atoms with Crippen LogP contribution in [0.3, 0.4) is 0 Å². The van der Waals surface area contributed by atoms with Crippen LogP contribution in [0.15, 0.2) is 0 Å². The van der Waals surface area contributed by atoms with Crippen molar-refractivity contribution in [3.63, 3.8) is 0 Å². The lowest BCUT2D eigenvalue weighted by atomic mass is 10.0. The van der Waals surface area contributed by atoms with Gasteiger partial charge in [0.1, 0.15) is 0 Å². The highest BCUT2D eigenvalue weighted by atomic mass is 16.5. The normalized spacial score (nSPS) is 15.1. The number of aliphatic carboxylic acids is 1. The first kappa shape index (κ1) is 23.3. The number of ether oxygens (including phenoxy) is 1. The Bertz CT molecular complexity index is 463. The minimum Gasteiger partial charge on any atom is -0.481 e. The molecule has 2 atom stereocenters. The summed E-state index contributed by atoms with van der Waals surface area (Å²) >= 11 is 0. The Morgan fingerprint density at radius 3 is 2.36 bits per heavy atom. The van der Waals surface area contributed by atoms with Gasteiger partial charge in [-0.2, -0.15) is 0 Å². The van der Waals surface area contributed by atoms with Crippen molar-refractivity contribution in [1.29, 1.82) is 0 Å². The van der Waals surface area contributed by atoms with Crippen LogP contribution in [0.4, 0.5) is 0 Å². The maximum atomic E-state index is 12.1. The molecular weight excluding hydrogens is 326 g/mol. The Hall–Kier alpha value is -1.67. The maximum Gasteiger partial charge on any atom is 0.303 e. The number of carbonyl (C=O) groups excluding carboxylic acids is 2. The zero-order valence-corrected chi connectivity index (χ0v) is 16.0. The molecule has 0 saturated heterocycles. The summed E-state index contributed by atoms with van der Waals surface area (Å²) in [7, 11) is 0. The molecule has 8 nitrogen and oxygen atoms in total. The van der Waals surface area contributed by atoms with Crippen LogP contribution in [0.2, 0.25) is 0 Å². The van der Waals surface area contributed by atoms with E-state index >= 15 is 0 Å². The molecule has 0 aliphatic carbocycles. The summed E-state index contributed by atoms with van der Waals surface area (Å²) in [4.78, 5) is 34.3. The van der Waals surface area contributed by atoms with E-state index in [1.165, 1.54) is 0 Å². The molecule has 0 aliphatic heterocycles. The predicted octanol–water partition coefficient (Wildman–Crippen LogP) is 0.990. The van der Waals surface area contributed by atoms with Gasteiger partial charge in [0, 0.05) is 25.3 Å². The molecule has 25 heavy (non-hydrogen) atoms. The van der Waals surface area contributed by atoms with E-state index in [4.69, 9.17) is 15.6 Å². The van der Waals surface area contributed by atoms with E-state index in [2.05, 4.69) is 10.6 Å². The second-order valence-corrected chi connectivity index (χ2v) is 7.23. The molecule has 0 aromatic rings. The second kappa shape index (κ2) is 10.4. The molecule has 0 bridgehead atoms. The number of hydrogen-bond acceptors (Lipinski definition) is 5. The lowest BCUT2D eigenvalue weighted by Gasteiger charge is -2.30. The van der Waals surface area contributed by atoms with Gasteiger partial charge < -0.3 is 26.2 Å². The van der Waals surface area contributed by atoms with E-state index in [-0.39, 0.29) is 37.7 Å². The van der Waals surface area contributed by atoms with Crippen LogP contribution in [-0.2, 0) is 19.1 Å². The number of rotatable bonds is 12. The molecule has 2 amide bonds. The van der Waals surface area contributed by atoms with Crippen molar-refractivity contribution < 1.29 is 24.2 Å². The van der Waals surface area contributed by atoms with Crippen LogP contribution in [0, 0.1) is 5.92 Å². The predicted molar refractivity (Wildman–Crippen MR) is 94.7 cm³/mol. The van der Waals surface area contributed by atoms with E-state index in [9.17, 15) is 14.4 Å². The summed E-state index contributed by atoms with van der Waals surface area (Å²) in [5.74, 6) is -1.73. The van der Waals surface area contributed by atoms with Gasteiger partial charge in [-0.3, -0.25) is 14.4 Å². The lowest BCUT2D eigenvalue weighted by Crippen LogP contribution is -2.55. The molecule has 2 unspecified atom stereocenters. The molecule has 0 rings (SSSR count). The van der Waals surface area contributed by atoms with Gasteiger partial charge in [-0.1, -0.05) is 6.92 Å². The van der Waals surface area contributed by atoms with Gasteiger partial charge in [-0.25, -0.2) is 0 Å². The first-order chi connectivity index (χ1) is 11.4. The minimum atomic E-state index is -0.976. The summed E-state index contributed by atoms with van der Waals surface area (Å²) in [6.45, 7) is 9.69. The Kier molecular flexibility index (Phi) is 9.66. The number of nitrogens with one attached hydrogen (secondary N) is 2. The summed E-state index contributed by atoms with van der Waals surface area (Å²) < 4.78 is 5.73. The molecule has 0 spiro atoms. The molecule has 0 heterocycles. The molecule has 0 radical (unpaired) electrons. The SMILES string of the molecule is CCNC(=O)CC(C)(C)OCCC(C)(N)NC(=O)C(C)CCC(=O)O. The third-order valence-electron chi connectivity index (χ3n) is 3.72. The van der Waals surface area contributed by atoms with Crippen LogP contribution in [0.5, 0.6) is 0 Å². The Morgan fingerprint density at radius 2 is 1.84 bits per heavy atom. The fourth-order valence-electron chi connectivity index (χ4n) is 2.17. The van der Waals surface area contributed by atoms with Gasteiger partial charge in [0.05, 0.1) is 24.3 Å². The van der Waals surface area contributed by atoms with E-state index in [1.54, 1.807) is 13.8 Å². The average molecular weight is 359 g/mol. The fraction of sp³-hybridized carbons (Fsp3) is 0.824. The highest BCUT2D eigenvalue weighted by molar-refractivity contribution is 5.79. The van der Waals surface area contributed by atoms with Crippen LogP contribution in [-0.4, -0.2) is 47.3 Å². The van der Waals surface area contributed by atoms with Gasteiger partial charge in [0.15, 0.2) is 0 Å². The van der Waals surface area contributed by atoms with Crippen molar-refractivity contribution >= 4 is 17.8 Å². The van der Waals surface area contributed by atoms with E-state index in [0.717, 1.165) is 0 Å². The smallest absolute Gasteiger partial charge is 0.303 e. The van der Waals surface area contributed by atoms with E-state index in [0.29, 0.717) is 13.0 Å². The van der Waals surface area contributed by atoms with Crippen molar-refractivity contribution in [2.75, 3.05) is 13.2 Å². The van der Waals surface area contributed by atoms with Crippen LogP contribution >= 0.6 is 0 Å². The molecular formula is C17H33N3O5. The standard InChI is InChI=1S/C17H33N3O5/c1-6-19-13(21)11-16(3,4)25-10-9-17(5,18)20-15(24)12(2)7-8-14(22)23/h12H,6-11,18H2,1-5H3,(H,19,21)(H,20,24)(H,22,23). The van der Waals surface area contributed by atoms with Crippen LogP contribution < -0.4 is 16.4 Å². The summed E-state index contributed by atoms with van der Waals surface area (Å²) in [6, 6.07) is 0. The van der Waals surface area contributed by atoms with Gasteiger partial charge in [-0.05, 0) is 34.1 Å². The second-order valence-electron chi connectivity index (χ2n) is 7.23. The van der Waals surface area contributed by atoms with Crippen molar-refractivity contribution in [3.8, 4) is 0 Å². The van der Waals surface area contributed by atoms with Crippen molar-refractivity contribution in [1.82, 2.24) is 10.6 Å². The number of carboxylic acids is 1. The molecule has 0 saturated carbocycles. The number of amides is 2. The van der Waals surface area contributed by atoms with E-state index < -0.39 is 23.2 Å². The average Bonchev–Trinajstić information content (AvgIpc) is 2.42. The largest absolute Gasteiger partial charge is 0.481 e. The molecule has 8 heteroatoms. The Morgan fingerprint density at radius 1 is 1.24 bits per heavy atom. The zero-order valence-electron chi connectivity index (χ0n) is 16.0. The van der Waals surface area contributed by atoms with Gasteiger partial charge in [-0.15, -0.1) is 0 Å². The monoisotopic (exact) mass is 359 g/mol. The zero-order chi connectivity index (χ0) is 19.7. The number of hydrogen-bond donors (Lipinski definition) is 4. The molecule has 0 aliphatic rings. The summed E-state index contributed by atoms with van der Waals surface area (Å²) in [5.41, 5.74) is 4.48. The maximum absolute atomic E-state index is 12.1. The van der Waals surface area contributed by atoms with Crippen LogP contribution in [0.25, 0.3) is 0 Å².